The fraction of sp³-hybridized carbons (Fsp3) is 0.333. The van der Waals surface area contributed by atoms with Gasteiger partial charge in [-0.05, 0) is 60.2 Å². The lowest BCUT2D eigenvalue weighted by molar-refractivity contribution is -0.120. The number of hydrogen-bond donors (Lipinski definition) is 1. The van der Waals surface area contributed by atoms with Gasteiger partial charge in [0.2, 0.25) is 15.9 Å². The second-order valence-corrected chi connectivity index (χ2v) is 12.5. The fourth-order valence-corrected chi connectivity index (χ4v) is 6.00. The third-order valence-electron chi connectivity index (χ3n) is 6.93. The molecule has 200 valence electrons. The standard InChI is InChI=1S/C30H34N2O5S/c1-30(2,3)24-10-8-21(9-11-24)28(33)23-6-5-7-25(20-23)31-29(34)22-16-18-32(19-17-22)38(35,36)27-14-12-26(37-4)13-15-27/h5-15,20,22H,16-19H2,1-4H3,(H,31,34). The molecule has 3 aromatic carbocycles. The van der Waals surface area contributed by atoms with Crippen LogP contribution in [0, 0.1) is 5.92 Å². The Kier molecular flexibility index (Phi) is 8.04. The first-order valence-electron chi connectivity index (χ1n) is 12.7. The number of sulfonamides is 1. The molecule has 1 amide bonds. The summed E-state index contributed by atoms with van der Waals surface area (Å²) in [5, 5.41) is 2.91. The van der Waals surface area contributed by atoms with Gasteiger partial charge in [-0.25, -0.2) is 8.42 Å². The summed E-state index contributed by atoms with van der Waals surface area (Å²) in [6.45, 7) is 6.89. The quantitative estimate of drug-likeness (QED) is 0.417. The van der Waals surface area contributed by atoms with Crippen molar-refractivity contribution >= 4 is 27.4 Å². The molecule has 1 N–H and O–H groups in total. The van der Waals surface area contributed by atoms with E-state index in [1.807, 2.05) is 24.3 Å². The minimum absolute atomic E-state index is 0.00178. The maximum Gasteiger partial charge on any atom is 0.243 e. The topological polar surface area (TPSA) is 92.8 Å². The highest BCUT2D eigenvalue weighted by molar-refractivity contribution is 7.89. The molecule has 0 spiro atoms. The van der Waals surface area contributed by atoms with Crippen molar-refractivity contribution in [2.45, 2.75) is 43.9 Å². The molecular weight excluding hydrogens is 500 g/mol. The van der Waals surface area contributed by atoms with E-state index in [2.05, 4.69) is 26.1 Å². The lowest BCUT2D eigenvalue weighted by Gasteiger charge is -2.30. The first-order valence-corrected chi connectivity index (χ1v) is 14.1. The van der Waals surface area contributed by atoms with Crippen LogP contribution in [0.25, 0.3) is 0 Å². The summed E-state index contributed by atoms with van der Waals surface area (Å²) in [4.78, 5) is 26.2. The van der Waals surface area contributed by atoms with Crippen molar-refractivity contribution in [3.63, 3.8) is 0 Å². The highest BCUT2D eigenvalue weighted by Gasteiger charge is 2.32. The van der Waals surface area contributed by atoms with Crippen LogP contribution < -0.4 is 10.1 Å². The van der Waals surface area contributed by atoms with Crippen LogP contribution >= 0.6 is 0 Å². The Hall–Kier alpha value is -3.49. The van der Waals surface area contributed by atoms with Gasteiger partial charge in [-0.15, -0.1) is 0 Å². The molecule has 1 aliphatic rings. The van der Waals surface area contributed by atoms with Crippen LogP contribution in [0.4, 0.5) is 5.69 Å². The minimum atomic E-state index is -3.64. The van der Waals surface area contributed by atoms with E-state index in [4.69, 9.17) is 4.74 Å². The fourth-order valence-electron chi connectivity index (χ4n) is 4.53. The van der Waals surface area contributed by atoms with Gasteiger partial charge in [0.15, 0.2) is 5.78 Å². The summed E-state index contributed by atoms with van der Waals surface area (Å²) < 4.78 is 32.5. The van der Waals surface area contributed by atoms with Gasteiger partial charge in [0.1, 0.15) is 5.75 Å². The number of amides is 1. The van der Waals surface area contributed by atoms with Crippen molar-refractivity contribution in [1.29, 1.82) is 0 Å². The van der Waals surface area contributed by atoms with Crippen molar-refractivity contribution in [2.24, 2.45) is 5.92 Å². The number of nitrogens with zero attached hydrogens (tertiary/aromatic N) is 1. The summed E-state index contributed by atoms with van der Waals surface area (Å²) in [5.41, 5.74) is 2.78. The van der Waals surface area contributed by atoms with E-state index in [0.29, 0.717) is 35.4 Å². The number of nitrogens with one attached hydrogen (secondary N) is 1. The van der Waals surface area contributed by atoms with Crippen LogP contribution in [0.3, 0.4) is 0 Å². The van der Waals surface area contributed by atoms with Crippen molar-refractivity contribution in [3.8, 4) is 5.75 Å². The van der Waals surface area contributed by atoms with Gasteiger partial charge in [0.05, 0.1) is 12.0 Å². The molecule has 0 aromatic heterocycles. The third kappa shape index (κ3) is 6.14. The lowest BCUT2D eigenvalue weighted by atomic mass is 9.86. The Bertz CT molecular complexity index is 1400. The van der Waals surface area contributed by atoms with Gasteiger partial charge in [0.25, 0.3) is 0 Å². The number of hydrogen-bond acceptors (Lipinski definition) is 5. The molecular formula is C30H34N2O5S. The molecule has 3 aromatic rings. The van der Waals surface area contributed by atoms with Gasteiger partial charge in [-0.3, -0.25) is 9.59 Å². The normalized spacial score (nSPS) is 15.2. The van der Waals surface area contributed by atoms with Crippen LogP contribution in [0.2, 0.25) is 0 Å². The van der Waals surface area contributed by atoms with E-state index in [0.717, 1.165) is 5.56 Å². The van der Waals surface area contributed by atoms with Gasteiger partial charge in [-0.1, -0.05) is 57.2 Å². The summed E-state index contributed by atoms with van der Waals surface area (Å²) in [6, 6.07) is 20.8. The molecule has 38 heavy (non-hydrogen) atoms. The highest BCUT2D eigenvalue weighted by atomic mass is 32.2. The van der Waals surface area contributed by atoms with Gasteiger partial charge in [-0.2, -0.15) is 4.31 Å². The largest absolute Gasteiger partial charge is 0.497 e. The first kappa shape index (κ1) is 27.5. The molecule has 1 heterocycles. The lowest BCUT2D eigenvalue weighted by Crippen LogP contribution is -2.41. The maximum atomic E-state index is 13.0. The Morgan fingerprint density at radius 2 is 1.53 bits per heavy atom. The van der Waals surface area contributed by atoms with Gasteiger partial charge in [0, 0.05) is 35.8 Å². The van der Waals surface area contributed by atoms with E-state index in [1.165, 1.54) is 23.5 Å². The number of carbonyl (C=O) groups excluding carboxylic acids is 2. The SMILES string of the molecule is COc1ccc(S(=O)(=O)N2CCC(C(=O)Nc3cccc(C(=O)c4ccc(C(C)(C)C)cc4)c3)CC2)cc1. The van der Waals surface area contributed by atoms with E-state index in [1.54, 1.807) is 36.4 Å². The Morgan fingerprint density at radius 3 is 2.11 bits per heavy atom. The molecule has 0 bridgehead atoms. The first-order chi connectivity index (χ1) is 18.0. The second-order valence-electron chi connectivity index (χ2n) is 10.6. The number of benzene rings is 3. The average molecular weight is 535 g/mol. The average Bonchev–Trinajstić information content (AvgIpc) is 2.92. The molecule has 0 radical (unpaired) electrons. The summed E-state index contributed by atoms with van der Waals surface area (Å²) in [5.74, 6) is -0.0191. The van der Waals surface area contributed by atoms with Crippen molar-refractivity contribution in [2.75, 3.05) is 25.5 Å². The van der Waals surface area contributed by atoms with Crippen molar-refractivity contribution in [3.05, 3.63) is 89.5 Å². The minimum Gasteiger partial charge on any atom is -0.497 e. The summed E-state index contributed by atoms with van der Waals surface area (Å²) in [6.07, 6.45) is 0.833. The number of carbonyl (C=O) groups is 2. The number of ether oxygens (including phenoxy) is 1. The molecule has 7 nitrogen and oxygen atoms in total. The molecule has 0 unspecified atom stereocenters. The van der Waals surface area contributed by atoms with E-state index in [-0.39, 0.29) is 41.0 Å². The Morgan fingerprint density at radius 1 is 0.895 bits per heavy atom. The van der Waals surface area contributed by atoms with Crippen LogP contribution in [0.5, 0.6) is 5.75 Å². The highest BCUT2D eigenvalue weighted by Crippen LogP contribution is 2.27. The van der Waals surface area contributed by atoms with Crippen molar-refractivity contribution in [1.82, 2.24) is 4.31 Å². The van der Waals surface area contributed by atoms with Crippen LogP contribution in [0.1, 0.15) is 55.1 Å². The maximum absolute atomic E-state index is 13.0. The number of rotatable bonds is 7. The van der Waals surface area contributed by atoms with Crippen LogP contribution in [-0.4, -0.2) is 44.6 Å². The molecule has 0 saturated carbocycles. The molecule has 4 rings (SSSR count). The van der Waals surface area contributed by atoms with E-state index in [9.17, 15) is 18.0 Å². The molecule has 1 saturated heterocycles. The zero-order valence-electron chi connectivity index (χ0n) is 22.2. The molecule has 1 aliphatic heterocycles. The number of piperidine rings is 1. The summed E-state index contributed by atoms with van der Waals surface area (Å²) in [7, 11) is -2.11. The zero-order valence-corrected chi connectivity index (χ0v) is 23.0. The predicted molar refractivity (Wildman–Crippen MR) is 148 cm³/mol. The summed E-state index contributed by atoms with van der Waals surface area (Å²) >= 11 is 0. The van der Waals surface area contributed by atoms with Crippen LogP contribution in [0.15, 0.2) is 77.7 Å². The molecule has 0 aliphatic carbocycles. The Balaban J connectivity index is 1.37. The monoisotopic (exact) mass is 534 g/mol. The number of methoxy groups -OCH3 is 1. The predicted octanol–water partition coefficient (Wildman–Crippen LogP) is 5.26. The van der Waals surface area contributed by atoms with Crippen molar-refractivity contribution < 1.29 is 22.7 Å². The van der Waals surface area contributed by atoms with E-state index >= 15 is 0 Å². The molecule has 1 fully saturated rings. The number of anilines is 1. The zero-order chi connectivity index (χ0) is 27.5. The van der Waals surface area contributed by atoms with Gasteiger partial charge >= 0.3 is 0 Å². The number of ketones is 1. The third-order valence-corrected chi connectivity index (χ3v) is 8.84. The van der Waals surface area contributed by atoms with E-state index < -0.39 is 10.0 Å². The Labute approximate surface area is 224 Å². The van der Waals surface area contributed by atoms with Gasteiger partial charge < -0.3 is 10.1 Å². The smallest absolute Gasteiger partial charge is 0.243 e. The van der Waals surface area contributed by atoms with Crippen LogP contribution in [-0.2, 0) is 20.2 Å². The second kappa shape index (κ2) is 11.1. The molecule has 0 atom stereocenters. The molecule has 8 heteroatoms.